The van der Waals surface area contributed by atoms with E-state index in [-0.39, 0.29) is 4.87 Å². The molecule has 1 atom stereocenters. The Kier molecular flexibility index (Phi) is 2.51. The predicted octanol–water partition coefficient (Wildman–Crippen LogP) is 2.91. The van der Waals surface area contributed by atoms with Gasteiger partial charge in [-0.1, -0.05) is 12.1 Å². The van der Waals surface area contributed by atoms with Gasteiger partial charge in [0.1, 0.15) is 0 Å². The molecule has 0 amide bonds. The summed E-state index contributed by atoms with van der Waals surface area (Å²) in [6, 6.07) is 4.16. The Morgan fingerprint density at radius 2 is 2.54 bits per heavy atom. The Bertz CT molecular complexity index is 329. The summed E-state index contributed by atoms with van der Waals surface area (Å²) in [7, 11) is 0. The molecule has 0 aromatic carbocycles. The van der Waals surface area contributed by atoms with E-state index < -0.39 is 0 Å². The first-order chi connectivity index (χ1) is 6.29. The van der Waals surface area contributed by atoms with Crippen molar-refractivity contribution in [3.63, 3.8) is 0 Å². The zero-order chi connectivity index (χ0) is 9.15. The zero-order valence-corrected chi connectivity index (χ0v) is 8.68. The second-order valence-corrected chi connectivity index (χ2v) is 4.92. The fourth-order valence-electron chi connectivity index (χ4n) is 1.35. The van der Waals surface area contributed by atoms with Gasteiger partial charge in [0.2, 0.25) is 0 Å². The van der Waals surface area contributed by atoms with Gasteiger partial charge in [0, 0.05) is 17.5 Å². The molecule has 0 fully saturated rings. The summed E-state index contributed by atoms with van der Waals surface area (Å²) in [5.74, 6) is 0. The Balaban J connectivity index is 2.09. The van der Waals surface area contributed by atoms with Crippen LogP contribution in [-0.4, -0.2) is 17.6 Å². The summed E-state index contributed by atoms with van der Waals surface area (Å²) in [5.41, 5.74) is 0. The number of hydrogen-bond acceptors (Lipinski definition) is 2. The van der Waals surface area contributed by atoms with Crippen molar-refractivity contribution in [3.05, 3.63) is 34.5 Å². The van der Waals surface area contributed by atoms with Crippen LogP contribution >= 0.6 is 22.9 Å². The van der Waals surface area contributed by atoms with Gasteiger partial charge in [0.05, 0.1) is 11.4 Å². The monoisotopic (exact) mass is 211 g/mol. The van der Waals surface area contributed by atoms with E-state index in [9.17, 15) is 0 Å². The molecule has 0 bridgehead atoms. The molecule has 1 nitrogen and oxygen atoms in total. The van der Waals surface area contributed by atoms with Crippen LogP contribution in [-0.2, 0) is 6.42 Å². The Labute approximate surface area is 86.8 Å². The predicted molar refractivity (Wildman–Crippen MR) is 59.1 cm³/mol. The summed E-state index contributed by atoms with van der Waals surface area (Å²) in [6.45, 7) is 0.683. The lowest BCUT2D eigenvalue weighted by molar-refractivity contribution is 0.706. The molecular formula is C10H10ClNS. The molecule has 1 aliphatic heterocycles. The first kappa shape index (κ1) is 8.97. The lowest BCUT2D eigenvalue weighted by Gasteiger charge is -2.22. The molecule has 0 aliphatic carbocycles. The number of halogens is 1. The Morgan fingerprint density at radius 1 is 1.62 bits per heavy atom. The van der Waals surface area contributed by atoms with Crippen molar-refractivity contribution < 1.29 is 0 Å². The van der Waals surface area contributed by atoms with Gasteiger partial charge < -0.3 is 0 Å². The topological polar surface area (TPSA) is 12.4 Å². The van der Waals surface area contributed by atoms with Gasteiger partial charge in [0.25, 0.3) is 0 Å². The fraction of sp³-hybridized carbons (Fsp3) is 0.300. The summed E-state index contributed by atoms with van der Waals surface area (Å²) in [4.78, 5) is 5.20. The minimum atomic E-state index is -0.292. The molecule has 1 aromatic heterocycles. The van der Waals surface area contributed by atoms with Crippen molar-refractivity contribution in [1.29, 1.82) is 0 Å². The highest BCUT2D eigenvalue weighted by Crippen LogP contribution is 2.27. The van der Waals surface area contributed by atoms with Crippen LogP contribution in [0.25, 0.3) is 0 Å². The van der Waals surface area contributed by atoms with E-state index in [1.165, 1.54) is 4.88 Å². The van der Waals surface area contributed by atoms with E-state index >= 15 is 0 Å². The zero-order valence-electron chi connectivity index (χ0n) is 7.11. The van der Waals surface area contributed by atoms with Crippen LogP contribution in [0.15, 0.2) is 34.7 Å². The van der Waals surface area contributed by atoms with Crippen LogP contribution in [0, 0.1) is 0 Å². The van der Waals surface area contributed by atoms with Crippen molar-refractivity contribution >= 4 is 29.2 Å². The molecule has 1 unspecified atom stereocenters. The number of dihydropyridines is 1. The maximum Gasteiger partial charge on any atom is 0.0872 e. The first-order valence-electron chi connectivity index (χ1n) is 4.17. The van der Waals surface area contributed by atoms with Crippen LogP contribution in [0.4, 0.5) is 0 Å². The van der Waals surface area contributed by atoms with E-state index in [2.05, 4.69) is 22.5 Å². The van der Waals surface area contributed by atoms with Crippen molar-refractivity contribution in [2.24, 2.45) is 4.99 Å². The van der Waals surface area contributed by atoms with Crippen LogP contribution < -0.4 is 0 Å². The van der Waals surface area contributed by atoms with E-state index in [1.54, 1.807) is 17.6 Å². The molecule has 3 heteroatoms. The van der Waals surface area contributed by atoms with Gasteiger partial charge in [0.15, 0.2) is 0 Å². The van der Waals surface area contributed by atoms with E-state index in [0.29, 0.717) is 6.54 Å². The van der Waals surface area contributed by atoms with Crippen molar-refractivity contribution in [2.75, 3.05) is 6.54 Å². The average molecular weight is 212 g/mol. The number of thiophene rings is 1. The highest BCUT2D eigenvalue weighted by atomic mass is 35.5. The second kappa shape index (κ2) is 3.64. The Morgan fingerprint density at radius 3 is 3.15 bits per heavy atom. The lowest BCUT2D eigenvalue weighted by atomic mass is 10.0. The summed E-state index contributed by atoms with van der Waals surface area (Å²) >= 11 is 8.12. The van der Waals surface area contributed by atoms with Gasteiger partial charge in [-0.05, 0) is 17.5 Å². The minimum Gasteiger partial charge on any atom is -0.291 e. The second-order valence-electron chi connectivity index (χ2n) is 3.14. The molecule has 13 heavy (non-hydrogen) atoms. The van der Waals surface area contributed by atoms with Gasteiger partial charge in [-0.25, -0.2) is 0 Å². The maximum absolute atomic E-state index is 6.37. The average Bonchev–Trinajstić information content (AvgIpc) is 2.57. The van der Waals surface area contributed by atoms with Crippen LogP contribution in [0.2, 0.25) is 0 Å². The van der Waals surface area contributed by atoms with E-state index in [1.807, 2.05) is 12.2 Å². The summed E-state index contributed by atoms with van der Waals surface area (Å²) in [5, 5.41) is 2.07. The molecule has 68 valence electrons. The van der Waals surface area contributed by atoms with Crippen molar-refractivity contribution in [3.8, 4) is 0 Å². The number of nitrogens with zero attached hydrogens (tertiary/aromatic N) is 1. The van der Waals surface area contributed by atoms with Gasteiger partial charge in [-0.15, -0.1) is 22.9 Å². The molecule has 0 N–H and O–H groups in total. The molecule has 0 spiro atoms. The van der Waals surface area contributed by atoms with E-state index in [0.717, 1.165) is 6.42 Å². The number of aliphatic imine (C=N–C) groups is 1. The Hall–Kier alpha value is -0.600. The largest absolute Gasteiger partial charge is 0.291 e. The normalized spacial score (nSPS) is 26.5. The molecule has 2 heterocycles. The molecule has 2 rings (SSSR count). The van der Waals surface area contributed by atoms with Crippen LogP contribution in [0.3, 0.4) is 0 Å². The van der Waals surface area contributed by atoms with Crippen LogP contribution in [0.5, 0.6) is 0 Å². The quantitative estimate of drug-likeness (QED) is 0.668. The minimum absolute atomic E-state index is 0.292. The van der Waals surface area contributed by atoms with Crippen LogP contribution in [0.1, 0.15) is 4.88 Å². The molecular weight excluding hydrogens is 202 g/mol. The molecule has 1 aliphatic rings. The molecule has 0 saturated carbocycles. The number of hydrogen-bond donors (Lipinski definition) is 0. The first-order valence-corrected chi connectivity index (χ1v) is 5.43. The number of alkyl halides is 1. The molecule has 0 saturated heterocycles. The maximum atomic E-state index is 6.37. The standard InChI is InChI=1S/C10H10ClNS/c11-10(4-2-5-12-8-10)7-9-3-1-6-13-9/h1-6H,7-8H2. The molecule has 0 radical (unpaired) electrons. The summed E-state index contributed by atoms with van der Waals surface area (Å²) in [6.07, 6.45) is 6.63. The summed E-state index contributed by atoms with van der Waals surface area (Å²) < 4.78 is 0. The van der Waals surface area contributed by atoms with Gasteiger partial charge in [-0.2, -0.15) is 0 Å². The highest BCUT2D eigenvalue weighted by molar-refractivity contribution is 7.09. The van der Waals surface area contributed by atoms with Crippen molar-refractivity contribution in [1.82, 2.24) is 0 Å². The van der Waals surface area contributed by atoms with Crippen molar-refractivity contribution in [2.45, 2.75) is 11.3 Å². The van der Waals surface area contributed by atoms with Gasteiger partial charge >= 0.3 is 0 Å². The fourth-order valence-corrected chi connectivity index (χ4v) is 2.55. The van der Waals surface area contributed by atoms with Gasteiger partial charge in [-0.3, -0.25) is 4.99 Å². The lowest BCUT2D eigenvalue weighted by Crippen LogP contribution is -2.27. The highest BCUT2D eigenvalue weighted by Gasteiger charge is 2.25. The third kappa shape index (κ3) is 2.20. The molecule has 1 aromatic rings. The SMILES string of the molecule is ClC1(Cc2cccs2)C=CC=NC1. The smallest absolute Gasteiger partial charge is 0.0872 e. The third-order valence-electron chi connectivity index (χ3n) is 1.99. The third-order valence-corrected chi connectivity index (χ3v) is 3.24. The number of rotatable bonds is 2. The van der Waals surface area contributed by atoms with E-state index in [4.69, 9.17) is 11.6 Å². The number of allylic oxidation sites excluding steroid dienone is 1.